The Kier molecular flexibility index (Phi) is 4.37. The molecular weight excluding hydrogens is 312 g/mol. The van der Waals surface area contributed by atoms with Crippen molar-refractivity contribution in [2.45, 2.75) is 6.04 Å². The molecule has 0 fully saturated rings. The molecule has 0 radical (unpaired) electrons. The van der Waals surface area contributed by atoms with E-state index < -0.39 is 0 Å². The summed E-state index contributed by atoms with van der Waals surface area (Å²) in [6.07, 6.45) is 0. The third-order valence-corrected chi connectivity index (χ3v) is 2.94. The summed E-state index contributed by atoms with van der Waals surface area (Å²) in [6.45, 7) is 0.388. The van der Waals surface area contributed by atoms with Gasteiger partial charge in [0.2, 0.25) is 0 Å². The normalized spacial score (nSPS) is 12.6. The molecule has 3 nitrogen and oxygen atoms in total. The Balaban J connectivity index is 3.24. The third-order valence-electron chi connectivity index (χ3n) is 1.89. The van der Waals surface area contributed by atoms with Gasteiger partial charge in [-0.15, -0.1) is 0 Å². The zero-order valence-corrected chi connectivity index (χ0v) is 10.9. The SMILES string of the molecule is COc1c(Br)cc(Br)cc1C(N)CN. The standard InChI is InChI=1S/C9H12Br2N2O/c1-14-9-6(8(13)4-12)2-5(10)3-7(9)11/h2-3,8H,4,12-13H2,1H3. The average molecular weight is 324 g/mol. The number of methoxy groups -OCH3 is 1. The molecule has 78 valence electrons. The highest BCUT2D eigenvalue weighted by molar-refractivity contribution is 9.11. The van der Waals surface area contributed by atoms with Gasteiger partial charge in [-0.25, -0.2) is 0 Å². The van der Waals surface area contributed by atoms with Crippen LogP contribution in [0.5, 0.6) is 5.75 Å². The predicted molar refractivity (Wildman–Crippen MR) is 64.4 cm³/mol. The van der Waals surface area contributed by atoms with Gasteiger partial charge in [-0.2, -0.15) is 0 Å². The molecule has 14 heavy (non-hydrogen) atoms. The summed E-state index contributed by atoms with van der Waals surface area (Å²) in [4.78, 5) is 0. The number of hydrogen-bond donors (Lipinski definition) is 2. The number of hydrogen-bond acceptors (Lipinski definition) is 3. The van der Waals surface area contributed by atoms with E-state index in [0.717, 1.165) is 20.3 Å². The van der Waals surface area contributed by atoms with E-state index in [1.807, 2.05) is 12.1 Å². The monoisotopic (exact) mass is 322 g/mol. The summed E-state index contributed by atoms with van der Waals surface area (Å²) in [7, 11) is 1.61. The van der Waals surface area contributed by atoms with Gasteiger partial charge in [0, 0.05) is 22.6 Å². The zero-order valence-electron chi connectivity index (χ0n) is 7.76. The van der Waals surface area contributed by atoms with E-state index in [0.29, 0.717) is 6.54 Å². The van der Waals surface area contributed by atoms with Gasteiger partial charge in [-0.05, 0) is 28.1 Å². The Morgan fingerprint density at radius 3 is 2.57 bits per heavy atom. The molecule has 0 aliphatic heterocycles. The maximum absolute atomic E-state index is 5.86. The molecule has 4 N–H and O–H groups in total. The summed E-state index contributed by atoms with van der Waals surface area (Å²) in [5, 5.41) is 0. The Labute approximate surface area is 100 Å². The lowest BCUT2D eigenvalue weighted by molar-refractivity contribution is 0.403. The molecule has 1 atom stereocenters. The summed E-state index contributed by atoms with van der Waals surface area (Å²) in [6, 6.07) is 3.62. The van der Waals surface area contributed by atoms with Gasteiger partial charge in [0.25, 0.3) is 0 Å². The van der Waals surface area contributed by atoms with Gasteiger partial charge in [0.1, 0.15) is 5.75 Å². The van der Waals surface area contributed by atoms with Gasteiger partial charge in [-0.1, -0.05) is 15.9 Å². The first-order valence-electron chi connectivity index (χ1n) is 4.08. The molecule has 1 unspecified atom stereocenters. The molecule has 0 bridgehead atoms. The van der Waals surface area contributed by atoms with Gasteiger partial charge < -0.3 is 16.2 Å². The molecule has 0 saturated carbocycles. The molecule has 5 heteroatoms. The van der Waals surface area contributed by atoms with Crippen LogP contribution in [0.1, 0.15) is 11.6 Å². The topological polar surface area (TPSA) is 61.3 Å². The first-order valence-corrected chi connectivity index (χ1v) is 5.67. The highest BCUT2D eigenvalue weighted by Gasteiger charge is 2.14. The lowest BCUT2D eigenvalue weighted by Crippen LogP contribution is -2.21. The highest BCUT2D eigenvalue weighted by Crippen LogP contribution is 2.35. The minimum Gasteiger partial charge on any atom is -0.495 e. The molecule has 1 aromatic rings. The van der Waals surface area contributed by atoms with Crippen molar-refractivity contribution in [1.82, 2.24) is 0 Å². The molecule has 0 saturated heterocycles. The van der Waals surface area contributed by atoms with Crippen LogP contribution in [0.4, 0.5) is 0 Å². The van der Waals surface area contributed by atoms with E-state index in [4.69, 9.17) is 16.2 Å². The Morgan fingerprint density at radius 1 is 1.43 bits per heavy atom. The Bertz CT molecular complexity index is 331. The van der Waals surface area contributed by atoms with Crippen LogP contribution in [0.25, 0.3) is 0 Å². The van der Waals surface area contributed by atoms with Crippen LogP contribution >= 0.6 is 31.9 Å². The number of halogens is 2. The van der Waals surface area contributed by atoms with Crippen molar-refractivity contribution in [3.05, 3.63) is 26.6 Å². The van der Waals surface area contributed by atoms with Crippen LogP contribution in [-0.4, -0.2) is 13.7 Å². The molecule has 0 amide bonds. The maximum atomic E-state index is 5.86. The van der Waals surface area contributed by atoms with E-state index in [1.54, 1.807) is 7.11 Å². The first kappa shape index (κ1) is 12.0. The van der Waals surface area contributed by atoms with Gasteiger partial charge >= 0.3 is 0 Å². The molecule has 0 heterocycles. The van der Waals surface area contributed by atoms with Crippen LogP contribution in [0, 0.1) is 0 Å². The fraction of sp³-hybridized carbons (Fsp3) is 0.333. The van der Waals surface area contributed by atoms with Crippen molar-refractivity contribution < 1.29 is 4.74 Å². The van der Waals surface area contributed by atoms with Gasteiger partial charge in [0.05, 0.1) is 11.6 Å². The molecule has 0 spiro atoms. The predicted octanol–water partition coefficient (Wildman–Crippen LogP) is 2.18. The molecule has 0 aliphatic carbocycles. The van der Waals surface area contributed by atoms with Crippen LogP contribution in [0.2, 0.25) is 0 Å². The number of ether oxygens (including phenoxy) is 1. The van der Waals surface area contributed by atoms with Gasteiger partial charge in [-0.3, -0.25) is 0 Å². The lowest BCUT2D eigenvalue weighted by atomic mass is 10.1. The van der Waals surface area contributed by atoms with Crippen LogP contribution in [0.15, 0.2) is 21.1 Å². The van der Waals surface area contributed by atoms with Crippen molar-refractivity contribution in [3.8, 4) is 5.75 Å². The molecular formula is C9H12Br2N2O. The minimum atomic E-state index is -0.209. The average Bonchev–Trinajstić information content (AvgIpc) is 2.15. The van der Waals surface area contributed by atoms with Crippen LogP contribution < -0.4 is 16.2 Å². The first-order chi connectivity index (χ1) is 6.60. The van der Waals surface area contributed by atoms with Crippen molar-refractivity contribution >= 4 is 31.9 Å². The summed E-state index contributed by atoms with van der Waals surface area (Å²) < 4.78 is 7.07. The fourth-order valence-corrected chi connectivity index (χ4v) is 2.62. The summed E-state index contributed by atoms with van der Waals surface area (Å²) >= 11 is 6.80. The largest absolute Gasteiger partial charge is 0.495 e. The van der Waals surface area contributed by atoms with E-state index in [1.165, 1.54) is 0 Å². The summed E-state index contributed by atoms with van der Waals surface area (Å²) in [5.41, 5.74) is 12.3. The second-order valence-electron chi connectivity index (χ2n) is 2.85. The number of rotatable bonds is 3. The molecule has 1 rings (SSSR count). The fourth-order valence-electron chi connectivity index (χ4n) is 1.20. The van der Waals surface area contributed by atoms with E-state index in [2.05, 4.69) is 31.9 Å². The van der Waals surface area contributed by atoms with Crippen LogP contribution in [-0.2, 0) is 0 Å². The van der Waals surface area contributed by atoms with Crippen molar-refractivity contribution in [2.24, 2.45) is 11.5 Å². The smallest absolute Gasteiger partial charge is 0.137 e. The Morgan fingerprint density at radius 2 is 2.07 bits per heavy atom. The second-order valence-corrected chi connectivity index (χ2v) is 4.62. The van der Waals surface area contributed by atoms with Crippen molar-refractivity contribution in [3.63, 3.8) is 0 Å². The number of nitrogens with two attached hydrogens (primary N) is 2. The minimum absolute atomic E-state index is 0.209. The van der Waals surface area contributed by atoms with Crippen molar-refractivity contribution in [2.75, 3.05) is 13.7 Å². The van der Waals surface area contributed by atoms with Crippen molar-refractivity contribution in [1.29, 1.82) is 0 Å². The second kappa shape index (κ2) is 5.11. The van der Waals surface area contributed by atoms with Gasteiger partial charge in [0.15, 0.2) is 0 Å². The van der Waals surface area contributed by atoms with E-state index in [9.17, 15) is 0 Å². The zero-order chi connectivity index (χ0) is 10.7. The van der Waals surface area contributed by atoms with Crippen LogP contribution in [0.3, 0.4) is 0 Å². The lowest BCUT2D eigenvalue weighted by Gasteiger charge is -2.15. The summed E-state index contributed by atoms with van der Waals surface area (Å²) in [5.74, 6) is 0.742. The van der Waals surface area contributed by atoms with E-state index in [-0.39, 0.29) is 6.04 Å². The molecule has 1 aromatic carbocycles. The van der Waals surface area contributed by atoms with E-state index >= 15 is 0 Å². The quantitative estimate of drug-likeness (QED) is 0.896. The Hall–Kier alpha value is -0.100. The molecule has 0 aromatic heterocycles. The molecule has 0 aliphatic rings. The maximum Gasteiger partial charge on any atom is 0.137 e. The number of benzene rings is 1. The highest BCUT2D eigenvalue weighted by atomic mass is 79.9. The third kappa shape index (κ3) is 2.48.